The second kappa shape index (κ2) is 4.37. The van der Waals surface area contributed by atoms with E-state index in [1.54, 1.807) is 12.1 Å². The van der Waals surface area contributed by atoms with Crippen molar-refractivity contribution in [3.63, 3.8) is 0 Å². The maximum absolute atomic E-state index is 12.8. The van der Waals surface area contributed by atoms with E-state index in [2.05, 4.69) is 9.97 Å². The van der Waals surface area contributed by atoms with E-state index in [1.165, 1.54) is 18.5 Å². The zero-order chi connectivity index (χ0) is 11.5. The molecule has 0 radical (unpaired) electrons. The van der Waals surface area contributed by atoms with E-state index < -0.39 is 0 Å². The molecule has 2 aromatic rings. The lowest BCUT2D eigenvalue weighted by molar-refractivity contribution is 0.628. The number of nitrogens with zero attached hydrogens (tertiary/aromatic N) is 2. The van der Waals surface area contributed by atoms with E-state index in [9.17, 15) is 4.39 Å². The molecule has 0 unspecified atom stereocenters. The number of halogens is 1. The van der Waals surface area contributed by atoms with E-state index in [4.69, 9.17) is 5.73 Å². The van der Waals surface area contributed by atoms with E-state index in [-0.39, 0.29) is 5.82 Å². The maximum Gasteiger partial charge on any atom is 0.123 e. The van der Waals surface area contributed by atoms with Crippen molar-refractivity contribution in [1.82, 2.24) is 9.97 Å². The van der Waals surface area contributed by atoms with Crippen LogP contribution in [0.5, 0.6) is 0 Å². The molecular weight excluding hydrogens is 205 g/mol. The van der Waals surface area contributed by atoms with Crippen molar-refractivity contribution < 1.29 is 4.39 Å². The number of nitrogens with two attached hydrogens (primary N) is 1. The van der Waals surface area contributed by atoms with Gasteiger partial charge in [-0.1, -0.05) is 0 Å². The first kappa shape index (κ1) is 10.7. The lowest BCUT2D eigenvalue weighted by Gasteiger charge is -2.07. The minimum Gasteiger partial charge on any atom is -0.325 e. The molecule has 0 spiro atoms. The monoisotopic (exact) mass is 217 g/mol. The van der Waals surface area contributed by atoms with Crippen molar-refractivity contribution in [3.8, 4) is 11.3 Å². The van der Waals surface area contributed by atoms with Gasteiger partial charge >= 0.3 is 0 Å². The van der Waals surface area contributed by atoms with Gasteiger partial charge in [-0.2, -0.15) is 0 Å². The Kier molecular flexibility index (Phi) is 2.92. The van der Waals surface area contributed by atoms with Crippen molar-refractivity contribution in [2.45, 2.75) is 13.5 Å². The van der Waals surface area contributed by atoms with Crippen LogP contribution in [0.1, 0.15) is 11.3 Å². The Labute approximate surface area is 93.2 Å². The third-order valence-electron chi connectivity index (χ3n) is 2.50. The minimum absolute atomic E-state index is 0.255. The smallest absolute Gasteiger partial charge is 0.123 e. The summed E-state index contributed by atoms with van der Waals surface area (Å²) < 4.78 is 12.8. The van der Waals surface area contributed by atoms with Gasteiger partial charge in [0.2, 0.25) is 0 Å². The molecular formula is C12H12FN3. The van der Waals surface area contributed by atoms with Gasteiger partial charge in [0.1, 0.15) is 12.1 Å². The van der Waals surface area contributed by atoms with Gasteiger partial charge in [-0.05, 0) is 36.8 Å². The van der Waals surface area contributed by atoms with E-state index in [0.29, 0.717) is 6.54 Å². The Morgan fingerprint density at radius 2 is 1.88 bits per heavy atom. The summed E-state index contributed by atoms with van der Waals surface area (Å²) >= 11 is 0. The molecule has 2 rings (SSSR count). The van der Waals surface area contributed by atoms with Crippen LogP contribution in [0, 0.1) is 12.7 Å². The molecule has 0 fully saturated rings. The van der Waals surface area contributed by atoms with Crippen LogP contribution in [0.25, 0.3) is 11.3 Å². The predicted octanol–water partition coefficient (Wildman–Crippen LogP) is 2.05. The van der Waals surface area contributed by atoms with Crippen LogP contribution < -0.4 is 5.73 Å². The molecule has 0 saturated carbocycles. The zero-order valence-corrected chi connectivity index (χ0v) is 8.94. The predicted molar refractivity (Wildman–Crippen MR) is 60.1 cm³/mol. The molecule has 0 atom stereocenters. The summed E-state index contributed by atoms with van der Waals surface area (Å²) in [6.45, 7) is 2.30. The Balaban J connectivity index is 2.51. The van der Waals surface area contributed by atoms with Crippen LogP contribution in [0.3, 0.4) is 0 Å². The highest BCUT2D eigenvalue weighted by molar-refractivity contribution is 5.63. The molecule has 0 amide bonds. The van der Waals surface area contributed by atoms with Crippen LogP contribution in [-0.4, -0.2) is 9.97 Å². The summed E-state index contributed by atoms with van der Waals surface area (Å²) in [5.74, 6) is -0.255. The summed E-state index contributed by atoms with van der Waals surface area (Å²) in [6, 6.07) is 6.23. The van der Waals surface area contributed by atoms with Gasteiger partial charge in [-0.25, -0.2) is 14.4 Å². The Morgan fingerprint density at radius 1 is 1.19 bits per heavy atom. The Hall–Kier alpha value is -1.81. The highest BCUT2D eigenvalue weighted by Crippen LogP contribution is 2.21. The quantitative estimate of drug-likeness (QED) is 0.837. The molecule has 1 aromatic carbocycles. The van der Waals surface area contributed by atoms with Gasteiger partial charge in [0.05, 0.1) is 11.4 Å². The molecule has 0 aliphatic rings. The van der Waals surface area contributed by atoms with Crippen LogP contribution in [-0.2, 0) is 6.54 Å². The fourth-order valence-electron chi connectivity index (χ4n) is 1.59. The zero-order valence-electron chi connectivity index (χ0n) is 8.94. The largest absolute Gasteiger partial charge is 0.325 e. The van der Waals surface area contributed by atoms with Gasteiger partial charge in [0.15, 0.2) is 0 Å². The molecule has 0 saturated heterocycles. The van der Waals surface area contributed by atoms with Gasteiger partial charge in [-0.15, -0.1) is 0 Å². The molecule has 3 nitrogen and oxygen atoms in total. The van der Waals surface area contributed by atoms with Gasteiger partial charge in [-0.3, -0.25) is 0 Å². The third kappa shape index (κ3) is 1.92. The summed E-state index contributed by atoms with van der Waals surface area (Å²) in [6.07, 6.45) is 1.48. The fraction of sp³-hybridized carbons (Fsp3) is 0.167. The topological polar surface area (TPSA) is 51.8 Å². The SMILES string of the molecule is Cc1c(CN)ncnc1-c1ccc(F)cc1. The molecule has 0 bridgehead atoms. The molecule has 0 aliphatic carbocycles. The van der Waals surface area contributed by atoms with Crippen molar-refractivity contribution in [1.29, 1.82) is 0 Å². The lowest BCUT2D eigenvalue weighted by Crippen LogP contribution is -2.04. The first-order valence-corrected chi connectivity index (χ1v) is 4.99. The normalized spacial score (nSPS) is 10.4. The summed E-state index contributed by atoms with van der Waals surface area (Å²) in [5, 5.41) is 0. The van der Waals surface area contributed by atoms with Crippen LogP contribution in [0.2, 0.25) is 0 Å². The molecule has 16 heavy (non-hydrogen) atoms. The fourth-order valence-corrected chi connectivity index (χ4v) is 1.59. The standard InChI is InChI=1S/C12H12FN3/c1-8-11(6-14)15-7-16-12(8)9-2-4-10(13)5-3-9/h2-5,7H,6,14H2,1H3. The number of rotatable bonds is 2. The third-order valence-corrected chi connectivity index (χ3v) is 2.50. The first-order chi connectivity index (χ1) is 7.72. The Morgan fingerprint density at radius 3 is 2.50 bits per heavy atom. The van der Waals surface area contributed by atoms with Crippen molar-refractivity contribution >= 4 is 0 Å². The average Bonchev–Trinajstić information content (AvgIpc) is 2.31. The average molecular weight is 217 g/mol. The molecule has 1 heterocycles. The summed E-state index contributed by atoms with van der Waals surface area (Å²) in [4.78, 5) is 8.29. The van der Waals surface area contributed by atoms with Crippen molar-refractivity contribution in [2.24, 2.45) is 5.73 Å². The van der Waals surface area contributed by atoms with Gasteiger partial charge < -0.3 is 5.73 Å². The highest BCUT2D eigenvalue weighted by atomic mass is 19.1. The highest BCUT2D eigenvalue weighted by Gasteiger charge is 2.07. The summed E-state index contributed by atoms with van der Waals surface area (Å²) in [7, 11) is 0. The molecule has 1 aromatic heterocycles. The van der Waals surface area contributed by atoms with E-state index >= 15 is 0 Å². The molecule has 82 valence electrons. The first-order valence-electron chi connectivity index (χ1n) is 4.99. The van der Waals surface area contributed by atoms with Crippen LogP contribution in [0.4, 0.5) is 4.39 Å². The van der Waals surface area contributed by atoms with Crippen molar-refractivity contribution in [2.75, 3.05) is 0 Å². The van der Waals surface area contributed by atoms with Crippen LogP contribution in [0.15, 0.2) is 30.6 Å². The number of hydrogen-bond donors (Lipinski definition) is 1. The number of benzene rings is 1. The maximum atomic E-state index is 12.8. The second-order valence-electron chi connectivity index (χ2n) is 3.50. The molecule has 4 heteroatoms. The van der Waals surface area contributed by atoms with E-state index in [0.717, 1.165) is 22.5 Å². The number of hydrogen-bond acceptors (Lipinski definition) is 3. The summed E-state index contributed by atoms with van der Waals surface area (Å²) in [5.41, 5.74) is 9.00. The minimum atomic E-state index is -0.255. The van der Waals surface area contributed by atoms with Gasteiger partial charge in [0, 0.05) is 12.1 Å². The number of aromatic nitrogens is 2. The van der Waals surface area contributed by atoms with Crippen molar-refractivity contribution in [3.05, 3.63) is 47.7 Å². The Bertz CT molecular complexity index is 494. The molecule has 0 aliphatic heterocycles. The lowest BCUT2D eigenvalue weighted by atomic mass is 10.1. The molecule has 2 N–H and O–H groups in total. The second-order valence-corrected chi connectivity index (χ2v) is 3.50. The van der Waals surface area contributed by atoms with Crippen LogP contribution >= 0.6 is 0 Å². The van der Waals surface area contributed by atoms with Gasteiger partial charge in [0.25, 0.3) is 0 Å². The van der Waals surface area contributed by atoms with E-state index in [1.807, 2.05) is 6.92 Å².